The normalized spacial score (nSPS) is 15.4. The highest BCUT2D eigenvalue weighted by Gasteiger charge is 2.35. The van der Waals surface area contributed by atoms with Crippen LogP contribution in [0.25, 0.3) is 6.08 Å². The summed E-state index contributed by atoms with van der Waals surface area (Å²) < 4.78 is 11.3. The zero-order valence-corrected chi connectivity index (χ0v) is 17.8. The molecule has 0 radical (unpaired) electrons. The lowest BCUT2D eigenvalue weighted by molar-refractivity contribution is -0.123. The highest BCUT2D eigenvalue weighted by molar-refractivity contribution is 9.10. The Morgan fingerprint density at radius 1 is 1.25 bits per heavy atom. The van der Waals surface area contributed by atoms with E-state index in [0.29, 0.717) is 20.8 Å². The highest BCUT2D eigenvalue weighted by atomic mass is 79.9. The molecule has 1 heterocycles. The van der Waals surface area contributed by atoms with E-state index in [2.05, 4.69) is 15.9 Å². The summed E-state index contributed by atoms with van der Waals surface area (Å²) in [7, 11) is 1.43. The molecule has 2 aromatic rings. The Bertz CT molecular complexity index is 965. The lowest BCUT2D eigenvalue weighted by Gasteiger charge is -2.13. The van der Waals surface area contributed by atoms with Gasteiger partial charge in [0.05, 0.1) is 23.6 Å². The van der Waals surface area contributed by atoms with Crippen molar-refractivity contribution in [2.24, 2.45) is 0 Å². The molecule has 0 saturated carbocycles. The topological polar surface area (TPSA) is 76.1 Å². The third-order valence-electron chi connectivity index (χ3n) is 3.86. The number of carbonyl (C=O) groups excluding carboxylic acids is 2. The van der Waals surface area contributed by atoms with Crippen LogP contribution in [0, 0.1) is 0 Å². The van der Waals surface area contributed by atoms with Crippen LogP contribution in [0.1, 0.15) is 5.56 Å². The standard InChI is InChI=1S/C19H15BrClNO5S/c1-26-15-10-12(20)8-11(17(15)23)9-16-18(24)22(19(25)28-16)6-7-27-14-5-3-2-4-13(14)21/h2-5,8-10,23H,6-7H2,1H3/b16-9-. The van der Waals surface area contributed by atoms with Gasteiger partial charge in [0.15, 0.2) is 11.5 Å². The van der Waals surface area contributed by atoms with Gasteiger partial charge in [-0.25, -0.2) is 0 Å². The maximum Gasteiger partial charge on any atom is 0.293 e. The van der Waals surface area contributed by atoms with Crippen LogP contribution in [0.4, 0.5) is 4.79 Å². The fraction of sp³-hybridized carbons (Fsp3) is 0.158. The first-order valence-electron chi connectivity index (χ1n) is 8.10. The molecule has 1 aliphatic heterocycles. The van der Waals surface area contributed by atoms with Crippen LogP contribution in [0.5, 0.6) is 17.2 Å². The lowest BCUT2D eigenvalue weighted by atomic mass is 10.1. The van der Waals surface area contributed by atoms with Gasteiger partial charge >= 0.3 is 0 Å². The number of amides is 2. The minimum atomic E-state index is -0.448. The Labute approximate surface area is 179 Å². The first-order chi connectivity index (χ1) is 13.4. The summed E-state index contributed by atoms with van der Waals surface area (Å²) in [5, 5.41) is 10.3. The second kappa shape index (κ2) is 8.89. The van der Waals surface area contributed by atoms with Crippen LogP contribution in [0.15, 0.2) is 45.8 Å². The number of nitrogens with zero attached hydrogens (tertiary/aromatic N) is 1. The van der Waals surface area contributed by atoms with Crippen molar-refractivity contribution in [1.82, 2.24) is 4.90 Å². The Morgan fingerprint density at radius 2 is 2.00 bits per heavy atom. The number of aromatic hydroxyl groups is 1. The molecule has 3 rings (SSSR count). The Balaban J connectivity index is 1.72. The molecule has 28 heavy (non-hydrogen) atoms. The molecule has 1 fully saturated rings. The van der Waals surface area contributed by atoms with Gasteiger partial charge in [-0.15, -0.1) is 0 Å². The van der Waals surface area contributed by atoms with E-state index in [0.717, 1.165) is 16.7 Å². The summed E-state index contributed by atoms with van der Waals surface area (Å²) in [6.07, 6.45) is 1.46. The second-order valence-electron chi connectivity index (χ2n) is 5.66. The number of carbonyl (C=O) groups is 2. The van der Waals surface area contributed by atoms with Crippen molar-refractivity contribution in [2.75, 3.05) is 20.3 Å². The molecule has 9 heteroatoms. The number of ether oxygens (including phenoxy) is 2. The van der Waals surface area contributed by atoms with Gasteiger partial charge in [0.2, 0.25) is 0 Å². The van der Waals surface area contributed by atoms with Crippen LogP contribution in [0.3, 0.4) is 0 Å². The van der Waals surface area contributed by atoms with Crippen molar-refractivity contribution in [2.45, 2.75) is 0 Å². The number of hydrogen-bond donors (Lipinski definition) is 1. The number of hydrogen-bond acceptors (Lipinski definition) is 6. The predicted molar refractivity (Wildman–Crippen MR) is 112 cm³/mol. The van der Waals surface area contributed by atoms with Crippen molar-refractivity contribution in [3.8, 4) is 17.2 Å². The third-order valence-corrected chi connectivity index (χ3v) is 5.54. The van der Waals surface area contributed by atoms with Gasteiger partial charge in [-0.3, -0.25) is 14.5 Å². The molecule has 0 atom stereocenters. The summed E-state index contributed by atoms with van der Waals surface area (Å²) in [5.41, 5.74) is 0.365. The number of rotatable bonds is 6. The minimum absolute atomic E-state index is 0.0843. The van der Waals surface area contributed by atoms with Crippen LogP contribution >= 0.6 is 39.3 Å². The molecule has 2 amide bonds. The van der Waals surface area contributed by atoms with E-state index in [1.54, 1.807) is 36.4 Å². The van der Waals surface area contributed by atoms with E-state index in [-0.39, 0.29) is 29.6 Å². The molecule has 0 aromatic heterocycles. The largest absolute Gasteiger partial charge is 0.504 e. The Morgan fingerprint density at radius 3 is 2.71 bits per heavy atom. The van der Waals surface area contributed by atoms with E-state index < -0.39 is 11.1 Å². The molecular weight excluding hydrogens is 470 g/mol. The zero-order chi connectivity index (χ0) is 20.3. The first kappa shape index (κ1) is 20.6. The van der Waals surface area contributed by atoms with Crippen LogP contribution in [0.2, 0.25) is 5.02 Å². The molecule has 1 aliphatic rings. The van der Waals surface area contributed by atoms with Crippen LogP contribution in [-0.4, -0.2) is 41.4 Å². The number of benzene rings is 2. The number of phenols is 1. The molecule has 0 bridgehead atoms. The number of methoxy groups -OCH3 is 1. The monoisotopic (exact) mass is 483 g/mol. The first-order valence-corrected chi connectivity index (χ1v) is 10.1. The molecule has 0 spiro atoms. The smallest absolute Gasteiger partial charge is 0.293 e. The quantitative estimate of drug-likeness (QED) is 0.586. The summed E-state index contributed by atoms with van der Waals surface area (Å²) in [6, 6.07) is 10.2. The van der Waals surface area contributed by atoms with Crippen LogP contribution in [-0.2, 0) is 4.79 Å². The molecule has 0 aliphatic carbocycles. The molecule has 1 saturated heterocycles. The van der Waals surface area contributed by atoms with Gasteiger partial charge in [-0.1, -0.05) is 39.7 Å². The second-order valence-corrected chi connectivity index (χ2v) is 7.97. The van der Waals surface area contributed by atoms with Gasteiger partial charge < -0.3 is 14.6 Å². The SMILES string of the molecule is COc1cc(Br)cc(/C=C2\SC(=O)N(CCOc3ccccc3Cl)C2=O)c1O. The van der Waals surface area contributed by atoms with Crippen molar-refractivity contribution in [3.63, 3.8) is 0 Å². The van der Waals surface area contributed by atoms with E-state index in [9.17, 15) is 14.7 Å². The fourth-order valence-electron chi connectivity index (χ4n) is 2.50. The van der Waals surface area contributed by atoms with E-state index in [4.69, 9.17) is 21.1 Å². The van der Waals surface area contributed by atoms with Crippen molar-refractivity contribution in [3.05, 3.63) is 56.4 Å². The Hall–Kier alpha value is -2.16. The maximum absolute atomic E-state index is 12.6. The molecule has 146 valence electrons. The van der Waals surface area contributed by atoms with Crippen molar-refractivity contribution in [1.29, 1.82) is 0 Å². The third kappa shape index (κ3) is 4.45. The number of thioether (sulfide) groups is 1. The van der Waals surface area contributed by atoms with Crippen molar-refractivity contribution < 1.29 is 24.2 Å². The van der Waals surface area contributed by atoms with E-state index >= 15 is 0 Å². The lowest BCUT2D eigenvalue weighted by Crippen LogP contribution is -2.32. The average Bonchev–Trinajstić information content (AvgIpc) is 2.93. The zero-order valence-electron chi connectivity index (χ0n) is 14.6. The summed E-state index contributed by atoms with van der Waals surface area (Å²) in [5.74, 6) is 0.182. The van der Waals surface area contributed by atoms with Gasteiger partial charge in [0.25, 0.3) is 11.1 Å². The predicted octanol–water partition coefficient (Wildman–Crippen LogP) is 4.93. The van der Waals surface area contributed by atoms with Gasteiger partial charge in [-0.2, -0.15) is 0 Å². The average molecular weight is 485 g/mol. The number of para-hydroxylation sites is 1. The molecular formula is C19H15BrClNO5S. The number of phenolic OH excluding ortho intramolecular Hbond substituents is 1. The van der Waals surface area contributed by atoms with E-state index in [1.165, 1.54) is 13.2 Å². The summed E-state index contributed by atoms with van der Waals surface area (Å²) >= 11 is 10.1. The van der Waals surface area contributed by atoms with Crippen molar-refractivity contribution >= 4 is 56.5 Å². The maximum atomic E-state index is 12.6. The van der Waals surface area contributed by atoms with Gasteiger partial charge in [0.1, 0.15) is 12.4 Å². The number of halogens is 2. The molecule has 2 aromatic carbocycles. The highest BCUT2D eigenvalue weighted by Crippen LogP contribution is 2.38. The van der Waals surface area contributed by atoms with Gasteiger partial charge in [-0.05, 0) is 42.1 Å². The number of imide groups is 1. The minimum Gasteiger partial charge on any atom is -0.504 e. The van der Waals surface area contributed by atoms with Gasteiger partial charge in [0, 0.05) is 10.0 Å². The summed E-state index contributed by atoms with van der Waals surface area (Å²) in [4.78, 5) is 26.1. The van der Waals surface area contributed by atoms with E-state index in [1.807, 2.05) is 0 Å². The fourth-order valence-corrected chi connectivity index (χ4v) is 4.00. The molecule has 0 unspecified atom stereocenters. The molecule has 1 N–H and O–H groups in total. The Kier molecular flexibility index (Phi) is 6.53. The summed E-state index contributed by atoms with van der Waals surface area (Å²) in [6.45, 7) is 0.200. The molecule has 6 nitrogen and oxygen atoms in total. The van der Waals surface area contributed by atoms with Crippen LogP contribution < -0.4 is 9.47 Å².